The van der Waals surface area contributed by atoms with Crippen LogP contribution in [0.4, 0.5) is 8.78 Å². The molecule has 1 saturated carbocycles. The predicted molar refractivity (Wildman–Crippen MR) is 64.9 cm³/mol. The summed E-state index contributed by atoms with van der Waals surface area (Å²) < 4.78 is 27.5. The van der Waals surface area contributed by atoms with Gasteiger partial charge in [0.15, 0.2) is 0 Å². The molecule has 94 valence electrons. The lowest BCUT2D eigenvalue weighted by Crippen LogP contribution is -2.25. The van der Waals surface area contributed by atoms with Gasteiger partial charge in [-0.3, -0.25) is 0 Å². The minimum atomic E-state index is -0.704. The van der Waals surface area contributed by atoms with Crippen molar-refractivity contribution in [3.8, 4) is 0 Å². The molecule has 0 bridgehead atoms. The summed E-state index contributed by atoms with van der Waals surface area (Å²) in [4.78, 5) is 0. The number of nitrogens with two attached hydrogens (primary N) is 1. The molecule has 1 aliphatic carbocycles. The molecule has 2 rings (SSSR count). The van der Waals surface area contributed by atoms with Crippen LogP contribution in [0, 0.1) is 17.6 Å². The maximum absolute atomic E-state index is 13.8. The van der Waals surface area contributed by atoms with Crippen LogP contribution in [0.2, 0.25) is 5.02 Å². The Morgan fingerprint density at radius 2 is 1.82 bits per heavy atom. The minimum absolute atomic E-state index is 0.0515. The Hall–Kier alpha value is -0.670. The summed E-state index contributed by atoms with van der Waals surface area (Å²) in [6.07, 6.45) is 5.23. The quantitative estimate of drug-likeness (QED) is 0.792. The van der Waals surface area contributed by atoms with E-state index in [1.54, 1.807) is 0 Å². The molecule has 1 atom stereocenters. The fourth-order valence-corrected chi connectivity index (χ4v) is 2.74. The van der Waals surface area contributed by atoms with E-state index in [0.29, 0.717) is 0 Å². The van der Waals surface area contributed by atoms with Gasteiger partial charge in [-0.15, -0.1) is 0 Å². The summed E-state index contributed by atoms with van der Waals surface area (Å²) >= 11 is 5.67. The Morgan fingerprint density at radius 1 is 1.18 bits per heavy atom. The lowest BCUT2D eigenvalue weighted by atomic mass is 9.81. The van der Waals surface area contributed by atoms with E-state index in [-0.39, 0.29) is 16.5 Å². The lowest BCUT2D eigenvalue weighted by Gasteiger charge is -2.28. The van der Waals surface area contributed by atoms with Gasteiger partial charge in [0.05, 0.1) is 5.02 Å². The molecule has 2 N–H and O–H groups in total. The summed E-state index contributed by atoms with van der Waals surface area (Å²) in [6, 6.07) is 1.82. The number of hydrogen-bond acceptors (Lipinski definition) is 1. The second-order valence-electron chi connectivity index (χ2n) is 4.68. The van der Waals surface area contributed by atoms with E-state index in [4.69, 9.17) is 17.3 Å². The van der Waals surface area contributed by atoms with Crippen LogP contribution in [0.5, 0.6) is 0 Å². The van der Waals surface area contributed by atoms with Crippen LogP contribution in [0.25, 0.3) is 0 Å². The van der Waals surface area contributed by atoms with Crippen molar-refractivity contribution in [2.75, 3.05) is 0 Å². The highest BCUT2D eigenvalue weighted by Gasteiger charge is 2.27. The van der Waals surface area contributed by atoms with Crippen LogP contribution in [0.3, 0.4) is 0 Å². The monoisotopic (exact) mass is 259 g/mol. The van der Waals surface area contributed by atoms with Crippen molar-refractivity contribution in [3.05, 3.63) is 34.4 Å². The molecule has 0 amide bonds. The lowest BCUT2D eigenvalue weighted by molar-refractivity contribution is 0.298. The topological polar surface area (TPSA) is 26.0 Å². The SMILES string of the molecule is N[C@@H](c1c(F)ccc(Cl)c1F)C1CCCCC1. The van der Waals surface area contributed by atoms with E-state index in [1.165, 1.54) is 18.6 Å². The van der Waals surface area contributed by atoms with Crippen LogP contribution < -0.4 is 5.73 Å². The maximum Gasteiger partial charge on any atom is 0.149 e. The van der Waals surface area contributed by atoms with Crippen molar-refractivity contribution in [1.82, 2.24) is 0 Å². The highest BCUT2D eigenvalue weighted by atomic mass is 35.5. The Kier molecular flexibility index (Phi) is 4.00. The van der Waals surface area contributed by atoms with Crippen molar-refractivity contribution in [2.24, 2.45) is 11.7 Å². The standard InChI is InChI=1S/C13H16ClF2N/c14-9-6-7-10(15)11(12(9)16)13(17)8-4-2-1-3-5-8/h6-8,13H,1-5,17H2/t13-/m1/s1. The van der Waals surface area contributed by atoms with Crippen molar-refractivity contribution >= 4 is 11.6 Å². The molecule has 0 saturated heterocycles. The summed E-state index contributed by atoms with van der Waals surface area (Å²) in [6.45, 7) is 0. The van der Waals surface area contributed by atoms with Crippen molar-refractivity contribution < 1.29 is 8.78 Å². The molecule has 0 aromatic heterocycles. The van der Waals surface area contributed by atoms with Gasteiger partial charge < -0.3 is 5.73 Å². The molecule has 1 fully saturated rings. The van der Waals surface area contributed by atoms with E-state index >= 15 is 0 Å². The zero-order chi connectivity index (χ0) is 12.4. The Bertz CT molecular complexity index is 403. The Balaban J connectivity index is 2.29. The van der Waals surface area contributed by atoms with Gasteiger partial charge in [-0.05, 0) is 30.9 Å². The van der Waals surface area contributed by atoms with E-state index in [2.05, 4.69) is 0 Å². The molecule has 0 unspecified atom stereocenters. The second-order valence-corrected chi connectivity index (χ2v) is 5.09. The Morgan fingerprint density at radius 3 is 2.47 bits per heavy atom. The molecule has 1 nitrogen and oxygen atoms in total. The van der Waals surface area contributed by atoms with E-state index in [9.17, 15) is 8.78 Å². The third-order valence-electron chi connectivity index (χ3n) is 3.57. The molecular weight excluding hydrogens is 244 g/mol. The van der Waals surface area contributed by atoms with E-state index in [0.717, 1.165) is 25.7 Å². The van der Waals surface area contributed by atoms with Crippen LogP contribution in [-0.4, -0.2) is 0 Å². The third kappa shape index (κ3) is 2.61. The van der Waals surface area contributed by atoms with Gasteiger partial charge in [0, 0.05) is 11.6 Å². The number of rotatable bonds is 2. The molecule has 17 heavy (non-hydrogen) atoms. The average Bonchev–Trinajstić information content (AvgIpc) is 2.35. The molecule has 0 radical (unpaired) electrons. The van der Waals surface area contributed by atoms with Crippen LogP contribution >= 0.6 is 11.6 Å². The van der Waals surface area contributed by atoms with Crippen molar-refractivity contribution in [3.63, 3.8) is 0 Å². The van der Waals surface area contributed by atoms with E-state index in [1.807, 2.05) is 0 Å². The van der Waals surface area contributed by atoms with Crippen LogP contribution in [0.1, 0.15) is 43.7 Å². The first-order valence-electron chi connectivity index (χ1n) is 6.00. The smallest absolute Gasteiger partial charge is 0.149 e. The number of halogens is 3. The van der Waals surface area contributed by atoms with Crippen LogP contribution in [-0.2, 0) is 0 Å². The first-order chi connectivity index (χ1) is 8.11. The van der Waals surface area contributed by atoms with Gasteiger partial charge in [0.2, 0.25) is 0 Å². The van der Waals surface area contributed by atoms with Gasteiger partial charge in [-0.1, -0.05) is 30.9 Å². The number of benzene rings is 1. The van der Waals surface area contributed by atoms with Crippen LogP contribution in [0.15, 0.2) is 12.1 Å². The highest BCUT2D eigenvalue weighted by Crippen LogP contribution is 2.36. The Labute approximate surface area is 105 Å². The highest BCUT2D eigenvalue weighted by molar-refractivity contribution is 6.30. The zero-order valence-electron chi connectivity index (χ0n) is 9.56. The molecule has 1 aromatic rings. The molecule has 1 aliphatic rings. The first kappa shape index (κ1) is 12.8. The molecule has 0 aliphatic heterocycles. The fraction of sp³-hybridized carbons (Fsp3) is 0.538. The van der Waals surface area contributed by atoms with Gasteiger partial charge in [-0.2, -0.15) is 0 Å². The largest absolute Gasteiger partial charge is 0.324 e. The molecular formula is C13H16ClF2N. The van der Waals surface area contributed by atoms with Gasteiger partial charge in [-0.25, -0.2) is 8.78 Å². The molecule has 0 spiro atoms. The van der Waals surface area contributed by atoms with Gasteiger partial charge in [0.1, 0.15) is 11.6 Å². The summed E-state index contributed by atoms with van der Waals surface area (Å²) in [7, 11) is 0. The zero-order valence-corrected chi connectivity index (χ0v) is 10.3. The summed E-state index contributed by atoms with van der Waals surface area (Å²) in [5, 5.41) is -0.0624. The number of hydrogen-bond donors (Lipinski definition) is 1. The maximum atomic E-state index is 13.8. The second kappa shape index (κ2) is 5.32. The summed E-state index contributed by atoms with van der Waals surface area (Å²) in [5.41, 5.74) is 5.95. The molecule has 4 heteroatoms. The summed E-state index contributed by atoms with van der Waals surface area (Å²) in [5.74, 6) is -1.14. The molecule has 0 heterocycles. The van der Waals surface area contributed by atoms with Crippen molar-refractivity contribution in [2.45, 2.75) is 38.1 Å². The van der Waals surface area contributed by atoms with Crippen molar-refractivity contribution in [1.29, 1.82) is 0 Å². The van der Waals surface area contributed by atoms with Gasteiger partial charge in [0.25, 0.3) is 0 Å². The normalized spacial score (nSPS) is 19.3. The fourth-order valence-electron chi connectivity index (χ4n) is 2.58. The average molecular weight is 260 g/mol. The minimum Gasteiger partial charge on any atom is -0.324 e. The third-order valence-corrected chi connectivity index (χ3v) is 3.86. The molecule has 1 aromatic carbocycles. The van der Waals surface area contributed by atoms with Gasteiger partial charge >= 0.3 is 0 Å². The predicted octanol–water partition coefficient (Wildman–Crippen LogP) is 4.20. The van der Waals surface area contributed by atoms with E-state index < -0.39 is 17.7 Å². The first-order valence-corrected chi connectivity index (χ1v) is 6.38.